The van der Waals surface area contributed by atoms with Crippen molar-refractivity contribution in [2.75, 3.05) is 13.1 Å². The van der Waals surface area contributed by atoms with Crippen LogP contribution in [0.2, 0.25) is 0 Å². The van der Waals surface area contributed by atoms with Gasteiger partial charge in [0.1, 0.15) is 22.5 Å². The molecule has 4 aromatic rings. The molecule has 140 valence electrons. The number of aromatic nitrogens is 3. The van der Waals surface area contributed by atoms with Crippen molar-refractivity contribution in [3.05, 3.63) is 90.0 Å². The van der Waals surface area contributed by atoms with Crippen molar-refractivity contribution in [2.24, 2.45) is 0 Å². The van der Waals surface area contributed by atoms with Gasteiger partial charge in [-0.1, -0.05) is 60.7 Å². The van der Waals surface area contributed by atoms with E-state index in [2.05, 4.69) is 39.8 Å². The molecule has 0 fully saturated rings. The number of phenolic OH excluding ortho intramolecular Hbond substituents is 1. The molecule has 0 aliphatic carbocycles. The van der Waals surface area contributed by atoms with Crippen molar-refractivity contribution in [1.82, 2.24) is 20.3 Å². The Balaban J connectivity index is 1.36. The SMILES string of the molecule is Oc1ccc(CCNC/C=C/c2ccccc2)cc1-n1nc2ccccc2n1. The number of benzene rings is 3. The number of rotatable bonds is 7. The Morgan fingerprint density at radius 1 is 0.893 bits per heavy atom. The maximum Gasteiger partial charge on any atom is 0.143 e. The van der Waals surface area contributed by atoms with Crippen molar-refractivity contribution in [3.63, 3.8) is 0 Å². The minimum atomic E-state index is 0.169. The van der Waals surface area contributed by atoms with E-state index in [1.807, 2.05) is 54.6 Å². The quantitative estimate of drug-likeness (QED) is 0.483. The Labute approximate surface area is 164 Å². The van der Waals surface area contributed by atoms with Crippen LogP contribution in [0.3, 0.4) is 0 Å². The average molecular weight is 370 g/mol. The summed E-state index contributed by atoms with van der Waals surface area (Å²) in [5, 5.41) is 22.6. The molecule has 0 atom stereocenters. The van der Waals surface area contributed by atoms with Gasteiger partial charge in [0, 0.05) is 6.54 Å². The van der Waals surface area contributed by atoms with Crippen molar-refractivity contribution in [2.45, 2.75) is 6.42 Å². The molecule has 5 heteroatoms. The molecule has 1 aromatic heterocycles. The third-order valence-electron chi connectivity index (χ3n) is 4.50. The smallest absolute Gasteiger partial charge is 0.143 e. The van der Waals surface area contributed by atoms with Gasteiger partial charge in [-0.2, -0.15) is 0 Å². The molecule has 0 aliphatic rings. The van der Waals surface area contributed by atoms with E-state index >= 15 is 0 Å². The van der Waals surface area contributed by atoms with Crippen LogP contribution in [0.1, 0.15) is 11.1 Å². The summed E-state index contributed by atoms with van der Waals surface area (Å²) in [5.74, 6) is 0.169. The molecule has 0 bridgehead atoms. The highest BCUT2D eigenvalue weighted by molar-refractivity contribution is 5.73. The fraction of sp³-hybridized carbons (Fsp3) is 0.130. The van der Waals surface area contributed by atoms with E-state index in [4.69, 9.17) is 0 Å². The Morgan fingerprint density at radius 2 is 1.61 bits per heavy atom. The van der Waals surface area contributed by atoms with Gasteiger partial charge in [-0.05, 0) is 48.4 Å². The second kappa shape index (κ2) is 8.50. The molecule has 0 spiro atoms. The first-order valence-electron chi connectivity index (χ1n) is 9.36. The van der Waals surface area contributed by atoms with Gasteiger partial charge in [-0.15, -0.1) is 15.0 Å². The topological polar surface area (TPSA) is 63.0 Å². The summed E-state index contributed by atoms with van der Waals surface area (Å²) in [6, 6.07) is 23.5. The summed E-state index contributed by atoms with van der Waals surface area (Å²) in [7, 11) is 0. The van der Waals surface area contributed by atoms with Crippen LogP contribution in [0.4, 0.5) is 0 Å². The van der Waals surface area contributed by atoms with Gasteiger partial charge >= 0.3 is 0 Å². The highest BCUT2D eigenvalue weighted by atomic mass is 16.3. The predicted molar refractivity (Wildman–Crippen MR) is 113 cm³/mol. The zero-order chi connectivity index (χ0) is 19.2. The Morgan fingerprint density at radius 3 is 2.36 bits per heavy atom. The van der Waals surface area contributed by atoms with Gasteiger partial charge in [0.25, 0.3) is 0 Å². The van der Waals surface area contributed by atoms with E-state index in [1.54, 1.807) is 6.07 Å². The lowest BCUT2D eigenvalue weighted by molar-refractivity contribution is 0.467. The number of fused-ring (bicyclic) bond motifs is 1. The van der Waals surface area contributed by atoms with Crippen molar-refractivity contribution in [3.8, 4) is 11.4 Å². The lowest BCUT2D eigenvalue weighted by atomic mass is 10.1. The number of hydrogen-bond donors (Lipinski definition) is 2. The molecular weight excluding hydrogens is 348 g/mol. The fourth-order valence-electron chi connectivity index (χ4n) is 3.03. The lowest BCUT2D eigenvalue weighted by Gasteiger charge is -2.07. The maximum atomic E-state index is 10.2. The number of aromatic hydroxyl groups is 1. The highest BCUT2D eigenvalue weighted by Gasteiger charge is 2.09. The summed E-state index contributed by atoms with van der Waals surface area (Å²) in [4.78, 5) is 1.50. The van der Waals surface area contributed by atoms with E-state index in [9.17, 15) is 5.11 Å². The molecule has 0 radical (unpaired) electrons. The maximum absolute atomic E-state index is 10.2. The third-order valence-corrected chi connectivity index (χ3v) is 4.50. The summed E-state index contributed by atoms with van der Waals surface area (Å²) >= 11 is 0. The first-order valence-corrected chi connectivity index (χ1v) is 9.36. The first-order chi connectivity index (χ1) is 13.8. The van der Waals surface area contributed by atoms with E-state index in [0.29, 0.717) is 5.69 Å². The molecule has 3 aromatic carbocycles. The molecule has 2 N–H and O–H groups in total. The predicted octanol–water partition coefficient (Wildman–Crippen LogP) is 3.97. The molecule has 0 saturated carbocycles. The van der Waals surface area contributed by atoms with Crippen molar-refractivity contribution < 1.29 is 5.11 Å². The molecular formula is C23H22N4O. The summed E-state index contributed by atoms with van der Waals surface area (Å²) < 4.78 is 0. The molecule has 5 nitrogen and oxygen atoms in total. The van der Waals surface area contributed by atoms with Gasteiger partial charge in [0.05, 0.1) is 0 Å². The third kappa shape index (κ3) is 4.27. The lowest BCUT2D eigenvalue weighted by Crippen LogP contribution is -2.17. The largest absolute Gasteiger partial charge is 0.506 e. The standard InChI is InChI=1S/C23H22N4O/c28-23-13-12-19(14-16-24-15-6-9-18-7-2-1-3-8-18)17-22(23)27-25-20-10-4-5-11-21(20)26-27/h1-13,17,24,28H,14-16H2/b9-6+. The normalized spacial score (nSPS) is 11.4. The van der Waals surface area contributed by atoms with Crippen LogP contribution in [0, 0.1) is 0 Å². The number of phenols is 1. The van der Waals surface area contributed by atoms with Crippen LogP contribution in [0.15, 0.2) is 78.9 Å². The Hall–Kier alpha value is -3.44. The summed E-state index contributed by atoms with van der Waals surface area (Å²) in [5.41, 5.74) is 4.52. The number of nitrogens with zero attached hydrogens (tertiary/aromatic N) is 3. The van der Waals surface area contributed by atoms with Crippen LogP contribution in [0.25, 0.3) is 22.8 Å². The number of hydrogen-bond acceptors (Lipinski definition) is 4. The van der Waals surface area contributed by atoms with E-state index < -0.39 is 0 Å². The van der Waals surface area contributed by atoms with E-state index in [-0.39, 0.29) is 5.75 Å². The van der Waals surface area contributed by atoms with Crippen LogP contribution >= 0.6 is 0 Å². The molecule has 0 unspecified atom stereocenters. The first kappa shape index (κ1) is 17.9. The monoisotopic (exact) mass is 370 g/mol. The fourth-order valence-corrected chi connectivity index (χ4v) is 3.03. The van der Waals surface area contributed by atoms with Crippen LogP contribution < -0.4 is 5.32 Å². The second-order valence-electron chi connectivity index (χ2n) is 6.57. The van der Waals surface area contributed by atoms with Crippen molar-refractivity contribution in [1.29, 1.82) is 0 Å². The van der Waals surface area contributed by atoms with Gasteiger partial charge in [-0.25, -0.2) is 0 Å². The molecule has 0 aliphatic heterocycles. The zero-order valence-electron chi connectivity index (χ0n) is 15.5. The Kier molecular flexibility index (Phi) is 5.45. The minimum absolute atomic E-state index is 0.169. The Bertz CT molecular complexity index is 1050. The van der Waals surface area contributed by atoms with Crippen LogP contribution in [-0.4, -0.2) is 33.2 Å². The van der Waals surface area contributed by atoms with Gasteiger partial charge in [0.2, 0.25) is 0 Å². The van der Waals surface area contributed by atoms with Crippen LogP contribution in [0.5, 0.6) is 5.75 Å². The summed E-state index contributed by atoms with van der Waals surface area (Å²) in [6.45, 7) is 1.66. The number of nitrogens with one attached hydrogen (secondary N) is 1. The van der Waals surface area contributed by atoms with E-state index in [0.717, 1.165) is 36.1 Å². The molecule has 28 heavy (non-hydrogen) atoms. The van der Waals surface area contributed by atoms with Crippen molar-refractivity contribution >= 4 is 17.1 Å². The molecule has 0 saturated heterocycles. The molecule has 0 amide bonds. The second-order valence-corrected chi connectivity index (χ2v) is 6.57. The van der Waals surface area contributed by atoms with Gasteiger partial charge < -0.3 is 10.4 Å². The van der Waals surface area contributed by atoms with Gasteiger partial charge in [0.15, 0.2) is 0 Å². The van der Waals surface area contributed by atoms with Crippen LogP contribution in [-0.2, 0) is 6.42 Å². The molecule has 1 heterocycles. The molecule has 4 rings (SSSR count). The van der Waals surface area contributed by atoms with Gasteiger partial charge in [-0.3, -0.25) is 0 Å². The summed E-state index contributed by atoms with van der Waals surface area (Å²) in [6.07, 6.45) is 5.09. The van der Waals surface area contributed by atoms with E-state index in [1.165, 1.54) is 10.4 Å². The average Bonchev–Trinajstić information content (AvgIpc) is 3.16. The zero-order valence-corrected chi connectivity index (χ0v) is 15.5. The highest BCUT2D eigenvalue weighted by Crippen LogP contribution is 2.23. The minimum Gasteiger partial charge on any atom is -0.506 e.